The van der Waals surface area contributed by atoms with Crippen LogP contribution in [0.4, 0.5) is 0 Å². The molecule has 132 valence electrons. The number of hydrogen-bond acceptors (Lipinski definition) is 2. The first-order valence-corrected chi connectivity index (χ1v) is 10.1. The number of carbonyl (C=O) groups is 1. The van der Waals surface area contributed by atoms with Crippen molar-refractivity contribution >= 4 is 5.97 Å². The number of hydrogen-bond donors (Lipinski definition) is 0. The second-order valence-electron chi connectivity index (χ2n) is 9.35. The van der Waals surface area contributed by atoms with Gasteiger partial charge in [-0.1, -0.05) is 47.0 Å². The Morgan fingerprint density at radius 1 is 1.26 bits per heavy atom. The van der Waals surface area contributed by atoms with Gasteiger partial charge >= 0.3 is 5.97 Å². The minimum Gasteiger partial charge on any atom is -0.465 e. The molecule has 7 atom stereocenters. The topological polar surface area (TPSA) is 26.3 Å². The van der Waals surface area contributed by atoms with E-state index in [0.717, 1.165) is 30.1 Å². The van der Waals surface area contributed by atoms with Crippen molar-refractivity contribution in [3.63, 3.8) is 0 Å². The molecule has 1 saturated heterocycles. The highest BCUT2D eigenvalue weighted by Gasteiger charge is 2.51. The maximum absolute atomic E-state index is 11.5. The number of carbonyl (C=O) groups excluding carboxylic acids is 1. The molecule has 1 aliphatic heterocycles. The molecule has 0 spiro atoms. The molecule has 0 aromatic rings. The summed E-state index contributed by atoms with van der Waals surface area (Å²) in [5, 5.41) is 0. The lowest BCUT2D eigenvalue weighted by molar-refractivity contribution is -0.155. The summed E-state index contributed by atoms with van der Waals surface area (Å²) in [5.74, 6) is 4.36. The highest BCUT2D eigenvalue weighted by atomic mass is 16.5. The van der Waals surface area contributed by atoms with Gasteiger partial charge in [0.25, 0.3) is 0 Å². The van der Waals surface area contributed by atoms with Gasteiger partial charge in [-0.15, -0.1) is 0 Å². The predicted octanol–water partition coefficient (Wildman–Crippen LogP) is 5.45. The smallest absolute Gasteiger partial charge is 0.308 e. The third-order valence-corrected chi connectivity index (χ3v) is 7.81. The Balaban J connectivity index is 1.54. The van der Waals surface area contributed by atoms with E-state index in [1.807, 2.05) is 6.92 Å². The zero-order chi connectivity index (χ0) is 16.6. The molecule has 3 rings (SSSR count). The van der Waals surface area contributed by atoms with Crippen molar-refractivity contribution in [3.05, 3.63) is 0 Å². The van der Waals surface area contributed by atoms with Gasteiger partial charge in [-0.05, 0) is 67.1 Å². The number of fused-ring (bicyclic) bond motifs is 1. The fraction of sp³-hybridized carbons (Fsp3) is 0.952. The maximum atomic E-state index is 11.5. The number of rotatable bonds is 4. The van der Waals surface area contributed by atoms with Gasteiger partial charge < -0.3 is 4.74 Å². The van der Waals surface area contributed by atoms with Crippen LogP contribution in [0.1, 0.15) is 79.1 Å². The lowest BCUT2D eigenvalue weighted by Crippen LogP contribution is -2.38. The largest absolute Gasteiger partial charge is 0.465 e. The first kappa shape index (κ1) is 17.3. The third kappa shape index (κ3) is 3.33. The Kier molecular flexibility index (Phi) is 5.09. The fourth-order valence-electron chi connectivity index (χ4n) is 6.45. The van der Waals surface area contributed by atoms with Gasteiger partial charge in [-0.25, -0.2) is 0 Å². The van der Waals surface area contributed by atoms with Crippen molar-refractivity contribution in [2.45, 2.75) is 79.1 Å². The van der Waals surface area contributed by atoms with Crippen LogP contribution in [-0.2, 0) is 9.53 Å². The summed E-state index contributed by atoms with van der Waals surface area (Å²) in [5.41, 5.74) is 0.601. The molecule has 23 heavy (non-hydrogen) atoms. The van der Waals surface area contributed by atoms with Crippen LogP contribution in [0.3, 0.4) is 0 Å². The van der Waals surface area contributed by atoms with E-state index >= 15 is 0 Å². The number of ether oxygens (including phenoxy) is 1. The molecule has 2 nitrogen and oxygen atoms in total. The van der Waals surface area contributed by atoms with Crippen LogP contribution in [0.15, 0.2) is 0 Å². The van der Waals surface area contributed by atoms with E-state index < -0.39 is 0 Å². The molecule has 2 saturated carbocycles. The van der Waals surface area contributed by atoms with Crippen molar-refractivity contribution in [1.82, 2.24) is 0 Å². The highest BCUT2D eigenvalue weighted by molar-refractivity contribution is 5.72. The molecule has 0 N–H and O–H groups in total. The van der Waals surface area contributed by atoms with Crippen LogP contribution < -0.4 is 0 Å². The van der Waals surface area contributed by atoms with Crippen LogP contribution >= 0.6 is 0 Å². The minimum atomic E-state index is 0.0108. The summed E-state index contributed by atoms with van der Waals surface area (Å²) in [6.45, 7) is 10.3. The van der Waals surface area contributed by atoms with Crippen molar-refractivity contribution in [1.29, 1.82) is 0 Å². The zero-order valence-corrected chi connectivity index (χ0v) is 15.6. The average Bonchev–Trinajstić information content (AvgIpc) is 2.87. The monoisotopic (exact) mass is 320 g/mol. The molecule has 2 heteroatoms. The predicted molar refractivity (Wildman–Crippen MR) is 94.0 cm³/mol. The molecule has 0 bridgehead atoms. The van der Waals surface area contributed by atoms with E-state index in [0.29, 0.717) is 17.9 Å². The first-order valence-electron chi connectivity index (χ1n) is 10.1. The SMILES string of the molecule is CC1CC(CCC(C)[C@H]2CCC3[C@@H](C)CCC[C@@]32C)COC1=O. The van der Waals surface area contributed by atoms with Crippen LogP contribution in [0, 0.1) is 40.9 Å². The molecule has 3 aliphatic rings. The minimum absolute atomic E-state index is 0.0108. The standard InChI is InChI=1S/C21H36O2/c1-14-6-5-11-21(4)18(14)9-10-19(21)15(2)7-8-17-12-16(3)20(22)23-13-17/h14-19H,5-13H2,1-4H3/t14-,15?,16?,17?,18?,19+,21-/m0/s1. The zero-order valence-electron chi connectivity index (χ0n) is 15.6. The maximum Gasteiger partial charge on any atom is 0.308 e. The number of esters is 1. The lowest BCUT2D eigenvalue weighted by Gasteiger charge is -2.46. The Hall–Kier alpha value is -0.530. The summed E-state index contributed by atoms with van der Waals surface area (Å²) in [7, 11) is 0. The van der Waals surface area contributed by atoms with Gasteiger partial charge in [0.2, 0.25) is 0 Å². The Labute approximate surface area is 142 Å². The van der Waals surface area contributed by atoms with Gasteiger partial charge in [-0.2, -0.15) is 0 Å². The van der Waals surface area contributed by atoms with Gasteiger partial charge in [0.1, 0.15) is 0 Å². The molecule has 4 unspecified atom stereocenters. The first-order chi connectivity index (χ1) is 10.9. The second kappa shape index (κ2) is 6.76. The molecule has 2 aliphatic carbocycles. The van der Waals surface area contributed by atoms with E-state index in [1.165, 1.54) is 44.9 Å². The van der Waals surface area contributed by atoms with Gasteiger partial charge in [0.05, 0.1) is 12.5 Å². The number of cyclic esters (lactones) is 1. The molecule has 0 amide bonds. The van der Waals surface area contributed by atoms with Crippen LogP contribution in [-0.4, -0.2) is 12.6 Å². The van der Waals surface area contributed by atoms with E-state index in [-0.39, 0.29) is 11.9 Å². The molecule has 0 aromatic heterocycles. The third-order valence-electron chi connectivity index (χ3n) is 7.81. The fourth-order valence-corrected chi connectivity index (χ4v) is 6.45. The van der Waals surface area contributed by atoms with Crippen molar-refractivity contribution in [3.8, 4) is 0 Å². The van der Waals surface area contributed by atoms with Crippen LogP contribution in [0.25, 0.3) is 0 Å². The van der Waals surface area contributed by atoms with E-state index in [4.69, 9.17) is 4.74 Å². The molecular formula is C21H36O2. The van der Waals surface area contributed by atoms with E-state index in [1.54, 1.807) is 0 Å². The summed E-state index contributed by atoms with van der Waals surface area (Å²) in [6.07, 6.45) is 10.8. The van der Waals surface area contributed by atoms with E-state index in [2.05, 4.69) is 20.8 Å². The average molecular weight is 321 g/mol. The Morgan fingerprint density at radius 2 is 2.04 bits per heavy atom. The van der Waals surface area contributed by atoms with Crippen LogP contribution in [0.2, 0.25) is 0 Å². The molecule has 1 heterocycles. The van der Waals surface area contributed by atoms with Gasteiger partial charge in [0, 0.05) is 0 Å². The second-order valence-corrected chi connectivity index (χ2v) is 9.35. The van der Waals surface area contributed by atoms with Crippen molar-refractivity contribution < 1.29 is 9.53 Å². The van der Waals surface area contributed by atoms with Crippen LogP contribution in [0.5, 0.6) is 0 Å². The Morgan fingerprint density at radius 3 is 2.78 bits per heavy atom. The summed E-state index contributed by atoms with van der Waals surface area (Å²) >= 11 is 0. The normalized spacial score (nSPS) is 45.4. The van der Waals surface area contributed by atoms with E-state index in [9.17, 15) is 4.79 Å². The van der Waals surface area contributed by atoms with Crippen molar-refractivity contribution in [2.75, 3.05) is 6.61 Å². The summed E-state index contributed by atoms with van der Waals surface area (Å²) in [6, 6.07) is 0. The molecular weight excluding hydrogens is 284 g/mol. The quantitative estimate of drug-likeness (QED) is 0.643. The Bertz CT molecular complexity index is 432. The van der Waals surface area contributed by atoms with Gasteiger partial charge in [-0.3, -0.25) is 4.79 Å². The molecule has 3 fully saturated rings. The summed E-state index contributed by atoms with van der Waals surface area (Å²) in [4.78, 5) is 11.5. The summed E-state index contributed by atoms with van der Waals surface area (Å²) < 4.78 is 5.34. The molecule has 0 radical (unpaired) electrons. The molecule has 0 aromatic carbocycles. The van der Waals surface area contributed by atoms with Crippen molar-refractivity contribution in [2.24, 2.45) is 40.9 Å². The van der Waals surface area contributed by atoms with Gasteiger partial charge in [0.15, 0.2) is 0 Å². The lowest BCUT2D eigenvalue weighted by atomic mass is 9.59. The highest BCUT2D eigenvalue weighted by Crippen LogP contribution is 2.59.